The molecule has 0 bridgehead atoms. The minimum absolute atomic E-state index is 0.0725. The number of carbonyl (C=O) groups excluding carboxylic acids is 2. The van der Waals surface area contributed by atoms with Gasteiger partial charge in [0.2, 0.25) is 5.91 Å². The van der Waals surface area contributed by atoms with Gasteiger partial charge in [-0.05, 0) is 12.1 Å². The summed E-state index contributed by atoms with van der Waals surface area (Å²) in [5, 5.41) is 4.09. The summed E-state index contributed by atoms with van der Waals surface area (Å²) in [6.07, 6.45) is 5.39. The maximum atomic E-state index is 12.7. The van der Waals surface area contributed by atoms with Gasteiger partial charge >= 0.3 is 0 Å². The van der Waals surface area contributed by atoms with Gasteiger partial charge in [0.05, 0.1) is 22.9 Å². The van der Waals surface area contributed by atoms with Gasteiger partial charge in [0.15, 0.2) is 0 Å². The van der Waals surface area contributed by atoms with Crippen LogP contribution in [0.1, 0.15) is 10.5 Å². The molecule has 4 heterocycles. The van der Waals surface area contributed by atoms with E-state index in [4.69, 9.17) is 0 Å². The first kappa shape index (κ1) is 14.6. The molecule has 0 aliphatic carbocycles. The number of H-pyrrole nitrogens is 1. The lowest BCUT2D eigenvalue weighted by Crippen LogP contribution is -2.52. The third-order valence-electron chi connectivity index (χ3n) is 4.41. The van der Waals surface area contributed by atoms with E-state index < -0.39 is 0 Å². The van der Waals surface area contributed by atoms with Crippen molar-refractivity contribution in [2.75, 3.05) is 24.5 Å². The average Bonchev–Trinajstić information content (AvgIpc) is 3.25. The normalized spacial score (nSPS) is 15.5. The smallest absolute Gasteiger partial charge is 0.270 e. The standard InChI is InChI=1S/C16H18N6O2/c1-19-4-3-12-14(19)7-13(18-12)16(24)21-5-6-22(15(23)10-21)11-8-17-20(2)9-11/h3-4,7-9,18H,5-6,10H2,1-2H3. The fraction of sp³-hybridized carbons (Fsp3) is 0.312. The third kappa shape index (κ3) is 2.27. The van der Waals surface area contributed by atoms with E-state index >= 15 is 0 Å². The Morgan fingerprint density at radius 2 is 2.12 bits per heavy atom. The number of aryl methyl sites for hydroxylation is 2. The lowest BCUT2D eigenvalue weighted by atomic mass is 10.2. The molecule has 1 aliphatic heterocycles. The van der Waals surface area contributed by atoms with Gasteiger partial charge in [0, 0.05) is 39.6 Å². The molecular formula is C16H18N6O2. The molecule has 1 N–H and O–H groups in total. The minimum atomic E-state index is -0.148. The molecule has 124 valence electrons. The molecule has 0 unspecified atom stereocenters. The third-order valence-corrected chi connectivity index (χ3v) is 4.41. The Bertz CT molecular complexity index is 934. The molecule has 3 aromatic rings. The zero-order valence-electron chi connectivity index (χ0n) is 13.6. The second kappa shape index (κ2) is 5.26. The lowest BCUT2D eigenvalue weighted by Gasteiger charge is -2.33. The van der Waals surface area contributed by atoms with Gasteiger partial charge in [0.25, 0.3) is 5.91 Å². The Labute approximate surface area is 138 Å². The number of hydrogen-bond acceptors (Lipinski definition) is 3. The highest BCUT2D eigenvalue weighted by atomic mass is 16.2. The van der Waals surface area contributed by atoms with Crippen LogP contribution >= 0.6 is 0 Å². The first-order valence-corrected chi connectivity index (χ1v) is 7.75. The van der Waals surface area contributed by atoms with Crippen molar-refractivity contribution in [3.63, 3.8) is 0 Å². The largest absolute Gasteiger partial charge is 0.349 e. The van der Waals surface area contributed by atoms with E-state index in [1.165, 1.54) is 0 Å². The summed E-state index contributed by atoms with van der Waals surface area (Å²) in [5.41, 5.74) is 3.17. The zero-order valence-corrected chi connectivity index (χ0v) is 13.6. The number of rotatable bonds is 2. The van der Waals surface area contributed by atoms with E-state index in [9.17, 15) is 9.59 Å². The van der Waals surface area contributed by atoms with Crippen molar-refractivity contribution in [2.45, 2.75) is 0 Å². The molecule has 3 aromatic heterocycles. The molecule has 0 spiro atoms. The fourth-order valence-corrected chi connectivity index (χ4v) is 3.10. The maximum Gasteiger partial charge on any atom is 0.270 e. The number of fused-ring (bicyclic) bond motifs is 1. The summed E-state index contributed by atoms with van der Waals surface area (Å²) >= 11 is 0. The number of hydrogen-bond donors (Lipinski definition) is 1. The topological polar surface area (TPSA) is 79.2 Å². The number of aromatic amines is 1. The van der Waals surface area contributed by atoms with Crippen LogP contribution in [-0.4, -0.2) is 55.7 Å². The van der Waals surface area contributed by atoms with Crippen molar-refractivity contribution in [1.29, 1.82) is 0 Å². The Balaban J connectivity index is 1.51. The van der Waals surface area contributed by atoms with Crippen LogP contribution in [0.15, 0.2) is 30.7 Å². The van der Waals surface area contributed by atoms with Crippen LogP contribution in [0.4, 0.5) is 5.69 Å². The number of carbonyl (C=O) groups is 2. The molecule has 0 aromatic carbocycles. The van der Waals surface area contributed by atoms with Crippen molar-refractivity contribution in [3.05, 3.63) is 36.4 Å². The number of aromatic nitrogens is 4. The van der Waals surface area contributed by atoms with E-state index in [-0.39, 0.29) is 18.4 Å². The molecule has 4 rings (SSSR count). The summed E-state index contributed by atoms with van der Waals surface area (Å²) in [4.78, 5) is 31.5. The highest BCUT2D eigenvalue weighted by Crippen LogP contribution is 2.20. The lowest BCUT2D eigenvalue weighted by molar-refractivity contribution is -0.120. The van der Waals surface area contributed by atoms with E-state index in [2.05, 4.69) is 10.1 Å². The summed E-state index contributed by atoms with van der Waals surface area (Å²) in [7, 11) is 3.74. The van der Waals surface area contributed by atoms with Gasteiger partial charge in [-0.25, -0.2) is 0 Å². The van der Waals surface area contributed by atoms with Crippen LogP contribution in [-0.2, 0) is 18.9 Å². The summed E-state index contributed by atoms with van der Waals surface area (Å²) in [6, 6.07) is 3.76. The molecule has 0 atom stereocenters. The van der Waals surface area contributed by atoms with Crippen molar-refractivity contribution in [1.82, 2.24) is 24.2 Å². The number of nitrogens with one attached hydrogen (secondary N) is 1. The number of nitrogens with zero attached hydrogens (tertiary/aromatic N) is 5. The Morgan fingerprint density at radius 1 is 1.29 bits per heavy atom. The van der Waals surface area contributed by atoms with Crippen LogP contribution < -0.4 is 4.90 Å². The van der Waals surface area contributed by atoms with Crippen LogP contribution in [0, 0.1) is 0 Å². The molecule has 1 aliphatic rings. The van der Waals surface area contributed by atoms with Crippen LogP contribution in [0.3, 0.4) is 0 Å². The van der Waals surface area contributed by atoms with Gasteiger partial charge in [-0.15, -0.1) is 0 Å². The van der Waals surface area contributed by atoms with Crippen LogP contribution in [0.25, 0.3) is 11.0 Å². The minimum Gasteiger partial charge on any atom is -0.349 e. The fourth-order valence-electron chi connectivity index (χ4n) is 3.10. The molecule has 1 fully saturated rings. The Hall–Kier alpha value is -3.03. The van der Waals surface area contributed by atoms with Crippen LogP contribution in [0.2, 0.25) is 0 Å². The average molecular weight is 326 g/mol. The van der Waals surface area contributed by atoms with Crippen LogP contribution in [0.5, 0.6) is 0 Å². The van der Waals surface area contributed by atoms with Gasteiger partial charge < -0.3 is 19.4 Å². The molecule has 0 saturated carbocycles. The second-order valence-corrected chi connectivity index (χ2v) is 6.05. The van der Waals surface area contributed by atoms with E-state index in [1.807, 2.05) is 37.0 Å². The van der Waals surface area contributed by atoms with E-state index in [0.29, 0.717) is 18.8 Å². The van der Waals surface area contributed by atoms with Crippen molar-refractivity contribution in [3.8, 4) is 0 Å². The molecule has 8 heteroatoms. The van der Waals surface area contributed by atoms with Crippen molar-refractivity contribution < 1.29 is 9.59 Å². The predicted molar refractivity (Wildman–Crippen MR) is 88.7 cm³/mol. The summed E-state index contributed by atoms with van der Waals surface area (Å²) in [6.45, 7) is 1.04. The number of amides is 2. The van der Waals surface area contributed by atoms with Gasteiger partial charge in [-0.3, -0.25) is 14.3 Å². The van der Waals surface area contributed by atoms with Crippen molar-refractivity contribution in [2.24, 2.45) is 14.1 Å². The number of anilines is 1. The molecule has 8 nitrogen and oxygen atoms in total. The monoisotopic (exact) mass is 326 g/mol. The van der Waals surface area contributed by atoms with Crippen molar-refractivity contribution >= 4 is 28.5 Å². The maximum absolute atomic E-state index is 12.7. The van der Waals surface area contributed by atoms with Gasteiger partial charge in [-0.2, -0.15) is 5.10 Å². The molecule has 2 amide bonds. The molecule has 1 saturated heterocycles. The predicted octanol–water partition coefficient (Wildman–Crippen LogP) is 0.729. The van der Waals surface area contributed by atoms with E-state index in [1.54, 1.807) is 26.9 Å². The van der Waals surface area contributed by atoms with E-state index in [0.717, 1.165) is 16.7 Å². The SMILES string of the molecule is Cn1cc(N2CCN(C(=O)c3cc4c(ccn4C)[nH]3)CC2=O)cn1. The molecule has 0 radical (unpaired) electrons. The quantitative estimate of drug-likeness (QED) is 0.754. The highest BCUT2D eigenvalue weighted by Gasteiger charge is 2.29. The number of piperazine rings is 1. The van der Waals surface area contributed by atoms with Gasteiger partial charge in [-0.1, -0.05) is 0 Å². The molecular weight excluding hydrogens is 308 g/mol. The first-order chi connectivity index (χ1) is 11.5. The summed E-state index contributed by atoms with van der Waals surface area (Å²) < 4.78 is 3.61. The van der Waals surface area contributed by atoms with Gasteiger partial charge in [0.1, 0.15) is 12.2 Å². The molecule has 24 heavy (non-hydrogen) atoms. The zero-order chi connectivity index (χ0) is 16.8. The Morgan fingerprint density at radius 3 is 2.79 bits per heavy atom. The first-order valence-electron chi connectivity index (χ1n) is 7.75. The Kier molecular flexibility index (Phi) is 3.19. The second-order valence-electron chi connectivity index (χ2n) is 6.05. The highest BCUT2D eigenvalue weighted by molar-refractivity contribution is 6.02. The summed E-state index contributed by atoms with van der Waals surface area (Å²) in [5.74, 6) is -0.246.